The third-order valence-electron chi connectivity index (χ3n) is 6.00. The summed E-state index contributed by atoms with van der Waals surface area (Å²) in [5.74, 6) is 1.00. The number of thioether (sulfide) groups is 1. The average Bonchev–Trinajstić information content (AvgIpc) is 3.29. The molecule has 6 heteroatoms. The molecule has 2 aromatic carbocycles. The Kier molecular flexibility index (Phi) is 9.49. The number of carbonyl (C=O) groups excluding carboxylic acids is 2. The number of hydrogen-bond acceptors (Lipinski definition) is 3. The van der Waals surface area contributed by atoms with Crippen LogP contribution in [0, 0.1) is 6.92 Å². The fraction of sp³-hybridized carbons (Fsp3) is 0.462. The third-order valence-corrected chi connectivity index (χ3v) is 7.36. The molecule has 1 saturated carbocycles. The number of nitrogens with one attached hydrogen (secondary N) is 1. The summed E-state index contributed by atoms with van der Waals surface area (Å²) in [6.07, 6.45) is 4.91. The van der Waals surface area contributed by atoms with Crippen LogP contribution in [0.15, 0.2) is 48.5 Å². The van der Waals surface area contributed by atoms with E-state index in [1.54, 1.807) is 16.7 Å². The van der Waals surface area contributed by atoms with Gasteiger partial charge in [-0.2, -0.15) is 0 Å². The van der Waals surface area contributed by atoms with E-state index in [0.29, 0.717) is 23.7 Å². The van der Waals surface area contributed by atoms with Gasteiger partial charge in [-0.25, -0.2) is 0 Å². The molecule has 4 nitrogen and oxygen atoms in total. The maximum absolute atomic E-state index is 13.3. The summed E-state index contributed by atoms with van der Waals surface area (Å²) < 4.78 is 0. The van der Waals surface area contributed by atoms with E-state index in [9.17, 15) is 9.59 Å². The van der Waals surface area contributed by atoms with Gasteiger partial charge in [0.2, 0.25) is 11.8 Å². The summed E-state index contributed by atoms with van der Waals surface area (Å²) in [6.45, 7) is 4.36. The fourth-order valence-electron chi connectivity index (χ4n) is 4.12. The van der Waals surface area contributed by atoms with Crippen molar-refractivity contribution in [3.8, 4) is 0 Å². The Hall–Kier alpha value is -1.98. The van der Waals surface area contributed by atoms with E-state index in [-0.39, 0.29) is 17.9 Å². The highest BCUT2D eigenvalue weighted by atomic mass is 35.5. The van der Waals surface area contributed by atoms with Crippen LogP contribution >= 0.6 is 23.4 Å². The van der Waals surface area contributed by atoms with Crippen LogP contribution in [0.5, 0.6) is 0 Å². The molecule has 1 fully saturated rings. The standard InChI is InChI=1S/C26H33ClN2O2S/c1-3-24(26(31)28-22-9-5-6-10-22)29(16-21-8-4-7-11-23(21)27)25(30)18-32-17-20-14-12-19(2)13-15-20/h4,7-8,11-15,22,24H,3,5-6,9-10,16-18H2,1-2H3,(H,28,31)/t24-/m1/s1. The Labute approximate surface area is 201 Å². The van der Waals surface area contributed by atoms with Crippen molar-refractivity contribution in [2.45, 2.75) is 70.3 Å². The Balaban J connectivity index is 1.70. The molecule has 0 aliphatic heterocycles. The molecule has 1 aliphatic carbocycles. The summed E-state index contributed by atoms with van der Waals surface area (Å²) in [7, 11) is 0. The van der Waals surface area contributed by atoms with Crippen molar-refractivity contribution in [1.29, 1.82) is 0 Å². The minimum atomic E-state index is -0.501. The Morgan fingerprint density at radius 2 is 1.81 bits per heavy atom. The lowest BCUT2D eigenvalue weighted by Crippen LogP contribution is -2.51. The van der Waals surface area contributed by atoms with Crippen LogP contribution < -0.4 is 5.32 Å². The predicted molar refractivity (Wildman–Crippen MR) is 134 cm³/mol. The van der Waals surface area contributed by atoms with Crippen LogP contribution in [-0.2, 0) is 21.9 Å². The van der Waals surface area contributed by atoms with Crippen molar-refractivity contribution in [2.24, 2.45) is 0 Å². The topological polar surface area (TPSA) is 49.4 Å². The van der Waals surface area contributed by atoms with Crippen LogP contribution in [0.25, 0.3) is 0 Å². The van der Waals surface area contributed by atoms with Crippen molar-refractivity contribution in [2.75, 3.05) is 5.75 Å². The number of benzene rings is 2. The summed E-state index contributed by atoms with van der Waals surface area (Å²) in [5.41, 5.74) is 3.27. The van der Waals surface area contributed by atoms with E-state index < -0.39 is 6.04 Å². The van der Waals surface area contributed by atoms with Gasteiger partial charge < -0.3 is 10.2 Å². The Morgan fingerprint density at radius 1 is 1.12 bits per heavy atom. The van der Waals surface area contributed by atoms with Gasteiger partial charge in [0.15, 0.2) is 0 Å². The van der Waals surface area contributed by atoms with Crippen LogP contribution in [0.1, 0.15) is 55.7 Å². The molecule has 32 heavy (non-hydrogen) atoms. The van der Waals surface area contributed by atoms with Gasteiger partial charge in [0, 0.05) is 23.4 Å². The second-order valence-corrected chi connectivity index (χ2v) is 9.90. The number of amides is 2. The van der Waals surface area contributed by atoms with Gasteiger partial charge in [-0.1, -0.05) is 79.4 Å². The molecule has 3 rings (SSSR count). The van der Waals surface area contributed by atoms with Gasteiger partial charge in [-0.3, -0.25) is 9.59 Å². The molecule has 0 radical (unpaired) electrons. The molecule has 0 spiro atoms. The lowest BCUT2D eigenvalue weighted by atomic mass is 10.1. The highest BCUT2D eigenvalue weighted by Gasteiger charge is 2.30. The highest BCUT2D eigenvalue weighted by molar-refractivity contribution is 7.99. The predicted octanol–water partition coefficient (Wildman–Crippen LogP) is 5.75. The van der Waals surface area contributed by atoms with Gasteiger partial charge in [0.25, 0.3) is 0 Å². The number of nitrogens with zero attached hydrogens (tertiary/aromatic N) is 1. The van der Waals surface area contributed by atoms with E-state index in [1.165, 1.54) is 11.1 Å². The molecule has 172 valence electrons. The fourth-order valence-corrected chi connectivity index (χ4v) is 5.19. The molecule has 0 unspecified atom stereocenters. The molecule has 1 aliphatic rings. The second-order valence-electron chi connectivity index (χ2n) is 8.51. The van der Waals surface area contributed by atoms with Crippen molar-refractivity contribution >= 4 is 35.2 Å². The monoisotopic (exact) mass is 472 g/mol. The number of hydrogen-bond donors (Lipinski definition) is 1. The molecule has 0 aromatic heterocycles. The second kappa shape index (κ2) is 12.3. The first-order valence-electron chi connectivity index (χ1n) is 11.4. The first kappa shape index (κ1) is 24.7. The van der Waals surface area contributed by atoms with E-state index in [4.69, 9.17) is 11.6 Å². The normalized spacial score (nSPS) is 14.8. The maximum atomic E-state index is 13.3. The molecule has 0 heterocycles. The average molecular weight is 473 g/mol. The summed E-state index contributed by atoms with van der Waals surface area (Å²) in [6, 6.07) is 15.6. The molecule has 2 amide bonds. The summed E-state index contributed by atoms with van der Waals surface area (Å²) in [4.78, 5) is 28.2. The zero-order chi connectivity index (χ0) is 22.9. The van der Waals surface area contributed by atoms with Gasteiger partial charge >= 0.3 is 0 Å². The molecular formula is C26H33ClN2O2S. The van der Waals surface area contributed by atoms with E-state index in [0.717, 1.165) is 37.0 Å². The van der Waals surface area contributed by atoms with Crippen molar-refractivity contribution < 1.29 is 9.59 Å². The number of rotatable bonds is 10. The Morgan fingerprint density at radius 3 is 2.47 bits per heavy atom. The van der Waals surface area contributed by atoms with Crippen molar-refractivity contribution in [1.82, 2.24) is 10.2 Å². The zero-order valence-corrected chi connectivity index (χ0v) is 20.6. The van der Waals surface area contributed by atoms with Gasteiger partial charge in [0.1, 0.15) is 6.04 Å². The van der Waals surface area contributed by atoms with Gasteiger partial charge in [-0.05, 0) is 43.4 Å². The minimum Gasteiger partial charge on any atom is -0.352 e. The smallest absolute Gasteiger partial charge is 0.243 e. The maximum Gasteiger partial charge on any atom is 0.243 e. The largest absolute Gasteiger partial charge is 0.352 e. The summed E-state index contributed by atoms with van der Waals surface area (Å²) >= 11 is 7.97. The lowest BCUT2D eigenvalue weighted by molar-refractivity contribution is -0.139. The first-order valence-corrected chi connectivity index (χ1v) is 13.0. The van der Waals surface area contributed by atoms with Crippen LogP contribution in [0.4, 0.5) is 0 Å². The molecule has 1 atom stereocenters. The molecular weight excluding hydrogens is 440 g/mol. The van der Waals surface area contributed by atoms with E-state index in [2.05, 4.69) is 36.5 Å². The van der Waals surface area contributed by atoms with Crippen molar-refractivity contribution in [3.63, 3.8) is 0 Å². The molecule has 0 saturated heterocycles. The van der Waals surface area contributed by atoms with Crippen LogP contribution in [-0.4, -0.2) is 34.6 Å². The summed E-state index contributed by atoms with van der Waals surface area (Å²) in [5, 5.41) is 3.79. The number of halogens is 1. The molecule has 2 aromatic rings. The number of aryl methyl sites for hydroxylation is 1. The molecule has 1 N–H and O–H groups in total. The quantitative estimate of drug-likeness (QED) is 0.479. The SMILES string of the molecule is CC[C@H](C(=O)NC1CCCC1)N(Cc1ccccc1Cl)C(=O)CSCc1ccc(C)cc1. The van der Waals surface area contributed by atoms with E-state index in [1.807, 2.05) is 31.2 Å². The van der Waals surface area contributed by atoms with Crippen LogP contribution in [0.3, 0.4) is 0 Å². The lowest BCUT2D eigenvalue weighted by Gasteiger charge is -2.31. The molecule has 0 bridgehead atoms. The van der Waals surface area contributed by atoms with Gasteiger partial charge in [-0.15, -0.1) is 11.8 Å². The third kappa shape index (κ3) is 7.01. The number of carbonyl (C=O) groups is 2. The van der Waals surface area contributed by atoms with E-state index >= 15 is 0 Å². The highest BCUT2D eigenvalue weighted by Crippen LogP contribution is 2.23. The van der Waals surface area contributed by atoms with Crippen LogP contribution in [0.2, 0.25) is 5.02 Å². The van der Waals surface area contributed by atoms with Gasteiger partial charge in [0.05, 0.1) is 5.75 Å². The Bertz CT molecular complexity index is 897. The zero-order valence-electron chi connectivity index (χ0n) is 19.0. The minimum absolute atomic E-state index is 0.0320. The first-order chi connectivity index (χ1) is 15.5. The van der Waals surface area contributed by atoms with Crippen molar-refractivity contribution in [3.05, 3.63) is 70.2 Å².